The van der Waals surface area contributed by atoms with Crippen LogP contribution in [0.1, 0.15) is 6.92 Å². The molecule has 0 amide bonds. The average molecular weight is 187 g/mol. The van der Waals surface area contributed by atoms with Gasteiger partial charge in [0.25, 0.3) is 0 Å². The van der Waals surface area contributed by atoms with Gasteiger partial charge in [0.1, 0.15) is 5.82 Å². The van der Waals surface area contributed by atoms with Crippen molar-refractivity contribution >= 4 is 23.1 Å². The van der Waals surface area contributed by atoms with E-state index in [2.05, 4.69) is 4.99 Å². The average Bonchev–Trinajstić information content (AvgIpc) is 1.96. The van der Waals surface area contributed by atoms with Crippen molar-refractivity contribution in [2.75, 3.05) is 0 Å². The number of nitrogens with zero attached hydrogens (tertiary/aromatic N) is 1. The van der Waals surface area contributed by atoms with E-state index in [-0.39, 0.29) is 5.82 Å². The van der Waals surface area contributed by atoms with E-state index < -0.39 is 0 Å². The normalized spacial score (nSPS) is 11.8. The van der Waals surface area contributed by atoms with Gasteiger partial charge in [-0.05, 0) is 19.1 Å². The summed E-state index contributed by atoms with van der Waals surface area (Å²) in [5.74, 6) is -0.0260. The Labute approximate surface area is 74.9 Å². The van der Waals surface area contributed by atoms with Crippen molar-refractivity contribution in [2.24, 2.45) is 10.7 Å². The Morgan fingerprint density at radius 2 is 2.25 bits per heavy atom. The van der Waals surface area contributed by atoms with E-state index in [1.165, 1.54) is 18.2 Å². The molecule has 0 spiro atoms. The van der Waals surface area contributed by atoms with Crippen molar-refractivity contribution in [2.45, 2.75) is 6.92 Å². The summed E-state index contributed by atoms with van der Waals surface area (Å²) in [4.78, 5) is 3.84. The third-order valence-electron chi connectivity index (χ3n) is 1.20. The highest BCUT2D eigenvalue weighted by Gasteiger charge is 1.99. The second-order valence-electron chi connectivity index (χ2n) is 2.35. The molecule has 4 heteroatoms. The quantitative estimate of drug-likeness (QED) is 0.531. The van der Waals surface area contributed by atoms with Gasteiger partial charge in [-0.25, -0.2) is 9.38 Å². The molecule has 0 heterocycles. The molecule has 0 atom stereocenters. The number of rotatable bonds is 1. The molecule has 2 nitrogen and oxygen atoms in total. The number of amidine groups is 1. The summed E-state index contributed by atoms with van der Waals surface area (Å²) < 4.78 is 12.6. The molecule has 64 valence electrons. The fourth-order valence-electron chi connectivity index (χ4n) is 0.761. The predicted octanol–water partition coefficient (Wildman–Crippen LogP) is 2.49. The van der Waals surface area contributed by atoms with Crippen LogP contribution in [0.2, 0.25) is 5.02 Å². The van der Waals surface area contributed by atoms with Crippen LogP contribution in [0, 0.1) is 5.82 Å². The molecule has 0 aliphatic heterocycles. The maximum absolute atomic E-state index is 12.6. The van der Waals surface area contributed by atoms with Crippen LogP contribution in [0.3, 0.4) is 0 Å². The van der Waals surface area contributed by atoms with E-state index >= 15 is 0 Å². The minimum atomic E-state index is -0.376. The molecular weight excluding hydrogens is 179 g/mol. The summed E-state index contributed by atoms with van der Waals surface area (Å²) in [6.07, 6.45) is 0. The first-order valence-electron chi connectivity index (χ1n) is 3.35. The predicted molar refractivity (Wildman–Crippen MR) is 48.4 cm³/mol. The molecule has 0 saturated carbocycles. The molecular formula is C8H8ClFN2. The van der Waals surface area contributed by atoms with Gasteiger partial charge in [-0.2, -0.15) is 0 Å². The zero-order valence-corrected chi connectivity index (χ0v) is 7.27. The topological polar surface area (TPSA) is 38.4 Å². The van der Waals surface area contributed by atoms with Gasteiger partial charge in [0.05, 0.1) is 16.5 Å². The highest BCUT2D eigenvalue weighted by Crippen LogP contribution is 2.25. The van der Waals surface area contributed by atoms with Gasteiger partial charge in [0.15, 0.2) is 0 Å². The SMILES string of the molecule is C/C(N)=N/c1cc(F)ccc1Cl. The number of halogens is 2. The van der Waals surface area contributed by atoms with Gasteiger partial charge in [-0.15, -0.1) is 0 Å². The Kier molecular flexibility index (Phi) is 2.65. The highest BCUT2D eigenvalue weighted by molar-refractivity contribution is 6.33. The summed E-state index contributed by atoms with van der Waals surface area (Å²) in [7, 11) is 0. The Morgan fingerprint density at radius 3 is 2.83 bits per heavy atom. The van der Waals surface area contributed by atoms with Gasteiger partial charge >= 0.3 is 0 Å². The summed E-state index contributed by atoms with van der Waals surface area (Å²) in [5, 5.41) is 0.390. The standard InChI is InChI=1S/C8H8ClFN2/c1-5(11)12-8-4-6(10)2-3-7(8)9/h2-4H,1H3,(H2,11,12). The fraction of sp³-hybridized carbons (Fsp3) is 0.125. The number of benzene rings is 1. The largest absolute Gasteiger partial charge is 0.387 e. The first-order valence-corrected chi connectivity index (χ1v) is 3.73. The Morgan fingerprint density at radius 1 is 1.58 bits per heavy atom. The lowest BCUT2D eigenvalue weighted by atomic mass is 10.3. The van der Waals surface area contributed by atoms with Crippen LogP contribution in [0.25, 0.3) is 0 Å². The molecule has 0 saturated heterocycles. The molecule has 0 bridgehead atoms. The van der Waals surface area contributed by atoms with E-state index in [9.17, 15) is 4.39 Å². The smallest absolute Gasteiger partial charge is 0.125 e. The molecule has 1 aromatic carbocycles. The number of hydrogen-bond donors (Lipinski definition) is 1. The molecule has 0 aliphatic rings. The van der Waals surface area contributed by atoms with Crippen LogP contribution < -0.4 is 5.73 Å². The van der Waals surface area contributed by atoms with E-state index in [4.69, 9.17) is 17.3 Å². The van der Waals surface area contributed by atoms with Crippen molar-refractivity contribution in [3.63, 3.8) is 0 Å². The Balaban J connectivity index is 3.14. The molecule has 0 fully saturated rings. The van der Waals surface area contributed by atoms with Crippen LogP contribution in [0.4, 0.5) is 10.1 Å². The minimum absolute atomic E-state index is 0.350. The Hall–Kier alpha value is -1.09. The van der Waals surface area contributed by atoms with Crippen molar-refractivity contribution in [3.8, 4) is 0 Å². The van der Waals surface area contributed by atoms with Crippen LogP contribution in [0.15, 0.2) is 23.2 Å². The Bertz CT molecular complexity index is 319. The second-order valence-corrected chi connectivity index (χ2v) is 2.76. The van der Waals surface area contributed by atoms with Crippen LogP contribution >= 0.6 is 11.6 Å². The first-order chi connectivity index (χ1) is 5.59. The fourth-order valence-corrected chi connectivity index (χ4v) is 0.921. The molecule has 1 aromatic rings. The van der Waals surface area contributed by atoms with E-state index in [1.54, 1.807) is 6.92 Å². The van der Waals surface area contributed by atoms with Crippen molar-refractivity contribution in [3.05, 3.63) is 29.0 Å². The summed E-state index contributed by atoms with van der Waals surface area (Å²) in [6.45, 7) is 1.61. The first kappa shape index (κ1) is 9.00. The third kappa shape index (κ3) is 2.20. The van der Waals surface area contributed by atoms with E-state index in [0.29, 0.717) is 16.5 Å². The lowest BCUT2D eigenvalue weighted by Crippen LogP contribution is -2.03. The van der Waals surface area contributed by atoms with Gasteiger partial charge in [-0.1, -0.05) is 11.6 Å². The molecule has 0 aliphatic carbocycles. The molecule has 0 radical (unpaired) electrons. The molecule has 2 N–H and O–H groups in total. The maximum Gasteiger partial charge on any atom is 0.125 e. The second kappa shape index (κ2) is 3.54. The van der Waals surface area contributed by atoms with Crippen molar-refractivity contribution in [1.82, 2.24) is 0 Å². The monoisotopic (exact) mass is 186 g/mol. The van der Waals surface area contributed by atoms with Crippen LogP contribution in [0.5, 0.6) is 0 Å². The van der Waals surface area contributed by atoms with Gasteiger partial charge in [0, 0.05) is 6.07 Å². The summed E-state index contributed by atoms with van der Waals surface area (Å²) in [5.41, 5.74) is 5.67. The molecule has 0 aromatic heterocycles. The number of nitrogens with two attached hydrogens (primary N) is 1. The molecule has 1 rings (SSSR count). The van der Waals surface area contributed by atoms with Crippen LogP contribution in [-0.2, 0) is 0 Å². The summed E-state index contributed by atoms with van der Waals surface area (Å²) in [6, 6.07) is 3.95. The zero-order valence-electron chi connectivity index (χ0n) is 6.51. The lowest BCUT2D eigenvalue weighted by molar-refractivity contribution is 0.628. The highest BCUT2D eigenvalue weighted by atomic mass is 35.5. The maximum atomic E-state index is 12.6. The number of aliphatic imine (C=N–C) groups is 1. The lowest BCUT2D eigenvalue weighted by Gasteiger charge is -1.97. The third-order valence-corrected chi connectivity index (χ3v) is 1.52. The number of hydrogen-bond acceptors (Lipinski definition) is 1. The van der Waals surface area contributed by atoms with Crippen molar-refractivity contribution < 1.29 is 4.39 Å². The van der Waals surface area contributed by atoms with Crippen LogP contribution in [-0.4, -0.2) is 5.84 Å². The molecule has 12 heavy (non-hydrogen) atoms. The van der Waals surface area contributed by atoms with Gasteiger partial charge < -0.3 is 5.73 Å². The van der Waals surface area contributed by atoms with E-state index in [1.807, 2.05) is 0 Å². The molecule has 0 unspecified atom stereocenters. The summed E-state index contributed by atoms with van der Waals surface area (Å²) >= 11 is 5.71. The minimum Gasteiger partial charge on any atom is -0.387 e. The van der Waals surface area contributed by atoms with Crippen molar-refractivity contribution in [1.29, 1.82) is 0 Å². The van der Waals surface area contributed by atoms with E-state index in [0.717, 1.165) is 0 Å². The van der Waals surface area contributed by atoms with Gasteiger partial charge in [0.2, 0.25) is 0 Å². The van der Waals surface area contributed by atoms with Gasteiger partial charge in [-0.3, -0.25) is 0 Å². The zero-order chi connectivity index (χ0) is 9.14.